The van der Waals surface area contributed by atoms with Crippen molar-refractivity contribution in [3.05, 3.63) is 0 Å². The summed E-state index contributed by atoms with van der Waals surface area (Å²) in [5.41, 5.74) is 6.75. The highest BCUT2D eigenvalue weighted by molar-refractivity contribution is 4.94. The van der Waals surface area contributed by atoms with E-state index in [-0.39, 0.29) is 5.60 Å². The zero-order valence-corrected chi connectivity index (χ0v) is 12.3. The summed E-state index contributed by atoms with van der Waals surface area (Å²) >= 11 is 0. The smallest absolute Gasteiger partial charge is 0.0685 e. The van der Waals surface area contributed by atoms with Gasteiger partial charge in [0.25, 0.3) is 0 Å². The molecule has 0 aromatic carbocycles. The molecule has 2 saturated heterocycles. The third kappa shape index (κ3) is 2.98. The normalized spacial score (nSPS) is 40.4. The van der Waals surface area contributed by atoms with Gasteiger partial charge in [-0.25, -0.2) is 0 Å². The predicted octanol–water partition coefficient (Wildman–Crippen LogP) is 2.87. The fourth-order valence-electron chi connectivity index (χ4n) is 4.44. The molecule has 4 unspecified atom stereocenters. The molecule has 1 aliphatic carbocycles. The molecule has 3 nitrogen and oxygen atoms in total. The van der Waals surface area contributed by atoms with Gasteiger partial charge in [-0.2, -0.15) is 0 Å². The minimum Gasteiger partial charge on any atom is -0.378 e. The zero-order chi connectivity index (χ0) is 13.3. The SMILES string of the molecule is CC1CC(C(N)C2CCOC3(CCCCC3)C2)CO1. The Hall–Kier alpha value is -0.120. The van der Waals surface area contributed by atoms with Gasteiger partial charge in [0.1, 0.15) is 0 Å². The number of rotatable bonds is 2. The van der Waals surface area contributed by atoms with Crippen LogP contribution in [0.1, 0.15) is 58.3 Å². The van der Waals surface area contributed by atoms with E-state index in [1.54, 1.807) is 0 Å². The second kappa shape index (κ2) is 5.71. The molecule has 3 aliphatic rings. The predicted molar refractivity (Wildman–Crippen MR) is 76.0 cm³/mol. The molecule has 2 aliphatic heterocycles. The lowest BCUT2D eigenvalue weighted by Gasteiger charge is -2.45. The van der Waals surface area contributed by atoms with Crippen LogP contribution in [0.2, 0.25) is 0 Å². The lowest BCUT2D eigenvalue weighted by Crippen LogP contribution is -2.48. The van der Waals surface area contributed by atoms with Crippen LogP contribution in [0.5, 0.6) is 0 Å². The Morgan fingerprint density at radius 1 is 1.16 bits per heavy atom. The molecule has 2 N–H and O–H groups in total. The summed E-state index contributed by atoms with van der Waals surface area (Å²) in [4.78, 5) is 0. The summed E-state index contributed by atoms with van der Waals surface area (Å²) in [7, 11) is 0. The van der Waals surface area contributed by atoms with Gasteiger partial charge >= 0.3 is 0 Å². The molecule has 0 radical (unpaired) electrons. The minimum atomic E-state index is 0.184. The van der Waals surface area contributed by atoms with E-state index in [1.807, 2.05) is 0 Å². The quantitative estimate of drug-likeness (QED) is 0.836. The monoisotopic (exact) mass is 267 g/mol. The minimum absolute atomic E-state index is 0.184. The first-order chi connectivity index (χ1) is 9.19. The van der Waals surface area contributed by atoms with Crippen molar-refractivity contribution in [2.45, 2.75) is 76.0 Å². The van der Waals surface area contributed by atoms with Gasteiger partial charge in [0.05, 0.1) is 18.3 Å². The van der Waals surface area contributed by atoms with Crippen LogP contribution < -0.4 is 5.73 Å². The molecule has 4 atom stereocenters. The summed E-state index contributed by atoms with van der Waals surface area (Å²) in [6.07, 6.45) is 10.5. The molecule has 0 aromatic rings. The second-order valence-corrected chi connectivity index (χ2v) is 7.06. The van der Waals surface area contributed by atoms with E-state index in [9.17, 15) is 0 Å². The van der Waals surface area contributed by atoms with E-state index in [0.29, 0.717) is 24.0 Å². The number of nitrogens with two attached hydrogens (primary N) is 1. The fraction of sp³-hybridized carbons (Fsp3) is 1.00. The lowest BCUT2D eigenvalue weighted by molar-refractivity contribution is -0.122. The number of hydrogen-bond donors (Lipinski definition) is 1. The van der Waals surface area contributed by atoms with E-state index >= 15 is 0 Å². The van der Waals surface area contributed by atoms with E-state index in [4.69, 9.17) is 15.2 Å². The molecular formula is C16H29NO2. The van der Waals surface area contributed by atoms with Crippen molar-refractivity contribution >= 4 is 0 Å². The Labute approximate surface area is 117 Å². The highest BCUT2D eigenvalue weighted by atomic mass is 16.5. The summed E-state index contributed by atoms with van der Waals surface area (Å²) in [5.74, 6) is 1.21. The largest absolute Gasteiger partial charge is 0.378 e. The Bertz CT molecular complexity index is 296. The van der Waals surface area contributed by atoms with Crippen LogP contribution in [0.15, 0.2) is 0 Å². The molecule has 3 rings (SSSR count). The van der Waals surface area contributed by atoms with Crippen molar-refractivity contribution in [1.29, 1.82) is 0 Å². The maximum atomic E-state index is 6.57. The van der Waals surface area contributed by atoms with E-state index in [1.165, 1.54) is 38.5 Å². The van der Waals surface area contributed by atoms with Gasteiger partial charge in [-0.15, -0.1) is 0 Å². The van der Waals surface area contributed by atoms with Gasteiger partial charge < -0.3 is 15.2 Å². The third-order valence-electron chi connectivity index (χ3n) is 5.61. The van der Waals surface area contributed by atoms with Crippen LogP contribution in [0, 0.1) is 11.8 Å². The van der Waals surface area contributed by atoms with Gasteiger partial charge in [0.15, 0.2) is 0 Å². The average molecular weight is 267 g/mol. The molecule has 2 heterocycles. The van der Waals surface area contributed by atoms with Crippen LogP contribution in [-0.2, 0) is 9.47 Å². The van der Waals surface area contributed by atoms with E-state index in [0.717, 1.165) is 26.1 Å². The molecule has 110 valence electrons. The molecular weight excluding hydrogens is 238 g/mol. The van der Waals surface area contributed by atoms with Crippen molar-refractivity contribution in [3.63, 3.8) is 0 Å². The molecule has 0 bridgehead atoms. The molecule has 3 heteroatoms. The molecule has 0 aromatic heterocycles. The summed E-state index contributed by atoms with van der Waals surface area (Å²) in [6, 6.07) is 0.313. The van der Waals surface area contributed by atoms with Gasteiger partial charge in [-0.05, 0) is 44.9 Å². The van der Waals surface area contributed by atoms with Crippen molar-refractivity contribution in [2.24, 2.45) is 17.6 Å². The maximum Gasteiger partial charge on any atom is 0.0685 e. The summed E-state index contributed by atoms with van der Waals surface area (Å²) < 4.78 is 11.9. The summed E-state index contributed by atoms with van der Waals surface area (Å²) in [5, 5.41) is 0. The number of hydrogen-bond acceptors (Lipinski definition) is 3. The second-order valence-electron chi connectivity index (χ2n) is 7.06. The Morgan fingerprint density at radius 3 is 2.63 bits per heavy atom. The van der Waals surface area contributed by atoms with Crippen LogP contribution in [-0.4, -0.2) is 31.0 Å². The van der Waals surface area contributed by atoms with Crippen LogP contribution in [0.3, 0.4) is 0 Å². The molecule has 19 heavy (non-hydrogen) atoms. The molecule has 1 saturated carbocycles. The zero-order valence-electron chi connectivity index (χ0n) is 12.3. The first-order valence-electron chi connectivity index (χ1n) is 8.20. The molecule has 1 spiro atoms. The Morgan fingerprint density at radius 2 is 1.95 bits per heavy atom. The van der Waals surface area contributed by atoms with Crippen molar-refractivity contribution in [3.8, 4) is 0 Å². The lowest BCUT2D eigenvalue weighted by atomic mass is 9.72. The van der Waals surface area contributed by atoms with Crippen LogP contribution in [0.25, 0.3) is 0 Å². The Balaban J connectivity index is 1.61. The van der Waals surface area contributed by atoms with Gasteiger partial charge in [-0.3, -0.25) is 0 Å². The summed E-state index contributed by atoms with van der Waals surface area (Å²) in [6.45, 7) is 3.95. The van der Waals surface area contributed by atoms with Gasteiger partial charge in [0, 0.05) is 18.6 Å². The van der Waals surface area contributed by atoms with Crippen LogP contribution >= 0.6 is 0 Å². The topological polar surface area (TPSA) is 44.5 Å². The van der Waals surface area contributed by atoms with E-state index in [2.05, 4.69) is 6.92 Å². The molecule has 0 amide bonds. The first kappa shape index (κ1) is 13.8. The fourth-order valence-corrected chi connectivity index (χ4v) is 4.44. The van der Waals surface area contributed by atoms with Crippen molar-refractivity contribution in [2.75, 3.05) is 13.2 Å². The van der Waals surface area contributed by atoms with Crippen molar-refractivity contribution in [1.82, 2.24) is 0 Å². The highest BCUT2D eigenvalue weighted by Gasteiger charge is 2.42. The van der Waals surface area contributed by atoms with Gasteiger partial charge in [-0.1, -0.05) is 19.3 Å². The third-order valence-corrected chi connectivity index (χ3v) is 5.61. The number of ether oxygens (including phenoxy) is 2. The van der Waals surface area contributed by atoms with Gasteiger partial charge in [0.2, 0.25) is 0 Å². The van der Waals surface area contributed by atoms with Crippen molar-refractivity contribution < 1.29 is 9.47 Å². The standard InChI is InChI=1S/C16H29NO2/c1-12-9-14(11-18-12)15(17)13-5-8-19-16(10-13)6-3-2-4-7-16/h12-15H,2-11,17H2,1H3. The first-order valence-corrected chi connectivity index (χ1v) is 8.20. The maximum absolute atomic E-state index is 6.57. The molecule has 3 fully saturated rings. The van der Waals surface area contributed by atoms with Crippen LogP contribution in [0.4, 0.5) is 0 Å². The average Bonchev–Trinajstić information content (AvgIpc) is 2.85. The van der Waals surface area contributed by atoms with E-state index < -0.39 is 0 Å². The highest BCUT2D eigenvalue weighted by Crippen LogP contribution is 2.42. The Kier molecular flexibility index (Phi) is 4.16.